The van der Waals surface area contributed by atoms with Crippen LogP contribution in [0.1, 0.15) is 17.0 Å². The van der Waals surface area contributed by atoms with Crippen LogP contribution >= 0.6 is 0 Å². The summed E-state index contributed by atoms with van der Waals surface area (Å²) in [6.45, 7) is 2.87. The molecule has 1 heterocycles. The predicted molar refractivity (Wildman–Crippen MR) is 94.6 cm³/mol. The van der Waals surface area contributed by atoms with Gasteiger partial charge in [-0.15, -0.1) is 0 Å². The van der Waals surface area contributed by atoms with Gasteiger partial charge in [0, 0.05) is 43.6 Å². The van der Waals surface area contributed by atoms with E-state index in [1.165, 1.54) is 5.56 Å². The maximum Gasteiger partial charge on any atom is 0.122 e. The van der Waals surface area contributed by atoms with E-state index in [-0.39, 0.29) is 18.4 Å². The Hall–Kier alpha value is -2.04. The lowest BCUT2D eigenvalue weighted by Crippen LogP contribution is -2.20. The van der Waals surface area contributed by atoms with Crippen LogP contribution in [0, 0.1) is 5.92 Å². The maximum absolute atomic E-state index is 9.87. The first-order chi connectivity index (χ1) is 11.7. The monoisotopic (exact) mass is 327 g/mol. The molecule has 1 aliphatic heterocycles. The normalized spacial score (nSPS) is 21.0. The fourth-order valence-corrected chi connectivity index (χ4v) is 3.60. The standard InChI is InChI=1S/C20H25NO3/c1-23-17-8-9-20(24-2)18(10-17)19-13-21(12-16(19)14-22)11-15-6-4-3-5-7-15/h3-10,16,19,22H,11-14H2,1-2H3/t16-,19+/m0/s1. The number of aliphatic hydroxyl groups excluding tert-OH is 1. The molecular formula is C20H25NO3. The SMILES string of the molecule is COc1ccc(OC)c([C@@H]2CN(Cc3ccccc3)C[C@H]2CO)c1. The number of ether oxygens (including phenoxy) is 2. The van der Waals surface area contributed by atoms with Gasteiger partial charge in [0.15, 0.2) is 0 Å². The second-order valence-electron chi connectivity index (χ2n) is 6.34. The Morgan fingerprint density at radius 3 is 2.50 bits per heavy atom. The molecule has 0 unspecified atom stereocenters. The van der Waals surface area contributed by atoms with E-state index in [1.54, 1.807) is 14.2 Å². The summed E-state index contributed by atoms with van der Waals surface area (Å²) >= 11 is 0. The molecule has 1 aliphatic rings. The first-order valence-corrected chi connectivity index (χ1v) is 8.34. The van der Waals surface area contributed by atoms with Crippen LogP contribution in [0.3, 0.4) is 0 Å². The third-order valence-electron chi connectivity index (χ3n) is 4.84. The van der Waals surface area contributed by atoms with Crippen molar-refractivity contribution in [1.29, 1.82) is 0 Å². The zero-order valence-electron chi connectivity index (χ0n) is 14.3. The molecule has 4 nitrogen and oxygen atoms in total. The van der Waals surface area contributed by atoms with Crippen molar-refractivity contribution in [2.75, 3.05) is 33.9 Å². The van der Waals surface area contributed by atoms with Crippen molar-refractivity contribution in [2.45, 2.75) is 12.5 Å². The minimum absolute atomic E-state index is 0.177. The van der Waals surface area contributed by atoms with Crippen LogP contribution in [-0.2, 0) is 6.54 Å². The van der Waals surface area contributed by atoms with Crippen molar-refractivity contribution in [3.8, 4) is 11.5 Å². The number of likely N-dealkylation sites (tertiary alicyclic amines) is 1. The molecule has 1 fully saturated rings. The third-order valence-corrected chi connectivity index (χ3v) is 4.84. The summed E-state index contributed by atoms with van der Waals surface area (Å²) in [6, 6.07) is 16.4. The molecule has 128 valence electrons. The molecule has 0 radical (unpaired) electrons. The van der Waals surface area contributed by atoms with Gasteiger partial charge in [0.05, 0.1) is 14.2 Å². The van der Waals surface area contributed by atoms with E-state index in [9.17, 15) is 5.11 Å². The van der Waals surface area contributed by atoms with Crippen molar-refractivity contribution in [3.63, 3.8) is 0 Å². The first-order valence-electron chi connectivity index (χ1n) is 8.34. The molecular weight excluding hydrogens is 302 g/mol. The number of aliphatic hydroxyl groups is 1. The van der Waals surface area contributed by atoms with E-state index < -0.39 is 0 Å². The molecule has 3 rings (SSSR count). The largest absolute Gasteiger partial charge is 0.497 e. The van der Waals surface area contributed by atoms with Gasteiger partial charge >= 0.3 is 0 Å². The van der Waals surface area contributed by atoms with Gasteiger partial charge in [0.1, 0.15) is 11.5 Å². The summed E-state index contributed by atoms with van der Waals surface area (Å²) in [5, 5.41) is 9.87. The molecule has 0 aromatic heterocycles. The summed E-state index contributed by atoms with van der Waals surface area (Å²) in [4.78, 5) is 2.40. The van der Waals surface area contributed by atoms with Gasteiger partial charge in [-0.25, -0.2) is 0 Å². The molecule has 2 aromatic rings. The van der Waals surface area contributed by atoms with Gasteiger partial charge in [-0.2, -0.15) is 0 Å². The number of nitrogens with zero attached hydrogens (tertiary/aromatic N) is 1. The van der Waals surface area contributed by atoms with Gasteiger partial charge in [-0.1, -0.05) is 30.3 Å². The molecule has 0 bridgehead atoms. The Morgan fingerprint density at radius 1 is 1.04 bits per heavy atom. The summed E-state index contributed by atoms with van der Waals surface area (Å²) in [5.41, 5.74) is 2.42. The van der Waals surface area contributed by atoms with Crippen LogP contribution in [0.4, 0.5) is 0 Å². The average molecular weight is 327 g/mol. The van der Waals surface area contributed by atoms with Crippen molar-refractivity contribution in [3.05, 3.63) is 59.7 Å². The lowest BCUT2D eigenvalue weighted by atomic mass is 9.88. The van der Waals surface area contributed by atoms with Gasteiger partial charge in [-0.3, -0.25) is 4.90 Å². The average Bonchev–Trinajstić information content (AvgIpc) is 3.04. The lowest BCUT2D eigenvalue weighted by Gasteiger charge is -2.20. The maximum atomic E-state index is 9.87. The Balaban J connectivity index is 1.82. The van der Waals surface area contributed by atoms with Crippen LogP contribution in [0.15, 0.2) is 48.5 Å². The summed E-state index contributed by atoms with van der Waals surface area (Å²) in [7, 11) is 3.36. The Bertz CT molecular complexity index is 659. The Morgan fingerprint density at radius 2 is 1.83 bits per heavy atom. The fraction of sp³-hybridized carbons (Fsp3) is 0.400. The minimum atomic E-state index is 0.177. The molecule has 2 atom stereocenters. The molecule has 24 heavy (non-hydrogen) atoms. The highest BCUT2D eigenvalue weighted by atomic mass is 16.5. The second kappa shape index (κ2) is 7.69. The smallest absolute Gasteiger partial charge is 0.122 e. The zero-order valence-corrected chi connectivity index (χ0v) is 14.3. The van der Waals surface area contributed by atoms with Crippen LogP contribution in [0.5, 0.6) is 11.5 Å². The molecule has 0 aliphatic carbocycles. The van der Waals surface area contributed by atoms with Crippen molar-refractivity contribution < 1.29 is 14.6 Å². The highest BCUT2D eigenvalue weighted by molar-refractivity contribution is 5.43. The van der Waals surface area contributed by atoms with E-state index in [2.05, 4.69) is 29.2 Å². The molecule has 4 heteroatoms. The van der Waals surface area contributed by atoms with Crippen molar-refractivity contribution >= 4 is 0 Å². The number of benzene rings is 2. The van der Waals surface area contributed by atoms with Gasteiger partial charge in [-0.05, 0) is 23.8 Å². The van der Waals surface area contributed by atoms with E-state index in [1.807, 2.05) is 24.3 Å². The first kappa shape index (κ1) is 16.8. The van der Waals surface area contributed by atoms with Crippen LogP contribution in [0.2, 0.25) is 0 Å². The zero-order chi connectivity index (χ0) is 16.9. The number of methoxy groups -OCH3 is 2. The van der Waals surface area contributed by atoms with E-state index >= 15 is 0 Å². The molecule has 0 spiro atoms. The predicted octanol–water partition coefficient (Wildman–Crippen LogP) is 2.91. The van der Waals surface area contributed by atoms with Gasteiger partial charge < -0.3 is 14.6 Å². The number of rotatable bonds is 6. The van der Waals surface area contributed by atoms with E-state index in [4.69, 9.17) is 9.47 Å². The number of hydrogen-bond donors (Lipinski definition) is 1. The molecule has 2 aromatic carbocycles. The summed E-state index contributed by atoms with van der Waals surface area (Å²) < 4.78 is 10.9. The van der Waals surface area contributed by atoms with Crippen LogP contribution in [-0.4, -0.2) is 43.9 Å². The van der Waals surface area contributed by atoms with E-state index in [0.717, 1.165) is 36.7 Å². The van der Waals surface area contributed by atoms with Crippen LogP contribution in [0.25, 0.3) is 0 Å². The lowest BCUT2D eigenvalue weighted by molar-refractivity contribution is 0.213. The minimum Gasteiger partial charge on any atom is -0.497 e. The highest BCUT2D eigenvalue weighted by Crippen LogP contribution is 2.39. The van der Waals surface area contributed by atoms with Crippen LogP contribution < -0.4 is 9.47 Å². The topological polar surface area (TPSA) is 41.9 Å². The summed E-state index contributed by atoms with van der Waals surface area (Å²) in [5.74, 6) is 2.13. The fourth-order valence-electron chi connectivity index (χ4n) is 3.60. The van der Waals surface area contributed by atoms with Crippen molar-refractivity contribution in [1.82, 2.24) is 4.90 Å². The highest BCUT2D eigenvalue weighted by Gasteiger charge is 2.35. The van der Waals surface area contributed by atoms with Gasteiger partial charge in [0.2, 0.25) is 0 Å². The Labute approximate surface area is 143 Å². The quantitative estimate of drug-likeness (QED) is 0.886. The van der Waals surface area contributed by atoms with E-state index in [0.29, 0.717) is 0 Å². The van der Waals surface area contributed by atoms with Gasteiger partial charge in [0.25, 0.3) is 0 Å². The molecule has 1 N–H and O–H groups in total. The summed E-state index contributed by atoms with van der Waals surface area (Å²) in [6.07, 6.45) is 0. The Kier molecular flexibility index (Phi) is 5.38. The molecule has 0 amide bonds. The van der Waals surface area contributed by atoms with Crippen molar-refractivity contribution in [2.24, 2.45) is 5.92 Å². The second-order valence-corrected chi connectivity index (χ2v) is 6.34. The molecule has 1 saturated heterocycles. The number of hydrogen-bond acceptors (Lipinski definition) is 4. The molecule has 0 saturated carbocycles. The third kappa shape index (κ3) is 3.55.